The number of benzene rings is 2. The van der Waals surface area contributed by atoms with Crippen LogP contribution in [0.15, 0.2) is 54.9 Å². The van der Waals surface area contributed by atoms with Gasteiger partial charge in [-0.25, -0.2) is 9.50 Å². The highest BCUT2D eigenvalue weighted by Crippen LogP contribution is 2.35. The first-order chi connectivity index (χ1) is 18.1. The van der Waals surface area contributed by atoms with E-state index >= 15 is 0 Å². The number of nitrogens with two attached hydrogens (primary N) is 1. The molecule has 1 aliphatic carbocycles. The van der Waals surface area contributed by atoms with Gasteiger partial charge in [-0.3, -0.25) is 14.2 Å². The van der Waals surface area contributed by atoms with Gasteiger partial charge in [0.2, 0.25) is 5.91 Å². The van der Waals surface area contributed by atoms with Crippen LogP contribution in [0.2, 0.25) is 5.02 Å². The summed E-state index contributed by atoms with van der Waals surface area (Å²) in [7, 11) is 0. The van der Waals surface area contributed by atoms with Crippen LogP contribution in [0.3, 0.4) is 0 Å². The fraction of sp³-hybridized carbons (Fsp3) is 0.214. The van der Waals surface area contributed by atoms with Gasteiger partial charge >= 0.3 is 0 Å². The van der Waals surface area contributed by atoms with Gasteiger partial charge in [0.25, 0.3) is 5.91 Å². The average molecular weight is 529 g/mol. The van der Waals surface area contributed by atoms with E-state index in [1.165, 1.54) is 0 Å². The summed E-state index contributed by atoms with van der Waals surface area (Å²) in [6.07, 6.45) is 3.55. The van der Waals surface area contributed by atoms with Gasteiger partial charge in [-0.15, -0.1) is 0 Å². The molecule has 192 valence electrons. The Morgan fingerprint density at radius 2 is 1.97 bits per heavy atom. The third-order valence-electron chi connectivity index (χ3n) is 7.33. The van der Waals surface area contributed by atoms with E-state index < -0.39 is 11.4 Å². The first kappa shape index (κ1) is 24.0. The Balaban J connectivity index is 1.28. The molecule has 0 aliphatic heterocycles. The van der Waals surface area contributed by atoms with Crippen molar-refractivity contribution in [2.75, 3.05) is 0 Å². The third kappa shape index (κ3) is 3.86. The van der Waals surface area contributed by atoms with Crippen LogP contribution in [0.1, 0.15) is 51.0 Å². The minimum atomic E-state index is -0.544. The number of hydrogen-bond acceptors (Lipinski definition) is 5. The summed E-state index contributed by atoms with van der Waals surface area (Å²) >= 11 is 6.60. The summed E-state index contributed by atoms with van der Waals surface area (Å²) in [5.41, 5.74) is 11.2. The normalized spacial score (nSPS) is 17.0. The number of hydrogen-bond donors (Lipinski definition) is 3. The molecule has 2 aromatic carbocycles. The van der Waals surface area contributed by atoms with E-state index in [2.05, 4.69) is 10.3 Å². The number of aryl methyl sites for hydroxylation is 2. The number of fused-ring (bicyclic) bond motifs is 4. The van der Waals surface area contributed by atoms with E-state index in [1.807, 2.05) is 19.9 Å². The molecule has 38 heavy (non-hydrogen) atoms. The number of aromatic nitrogens is 4. The highest BCUT2D eigenvalue weighted by Gasteiger charge is 2.35. The van der Waals surface area contributed by atoms with E-state index in [1.54, 1.807) is 57.9 Å². The summed E-state index contributed by atoms with van der Waals surface area (Å²) in [4.78, 5) is 29.4. The number of pyridine rings is 1. The molecule has 0 fully saturated rings. The first-order valence-corrected chi connectivity index (χ1v) is 12.6. The van der Waals surface area contributed by atoms with Crippen molar-refractivity contribution in [3.05, 3.63) is 88.0 Å². The number of nitrogens with one attached hydrogen (secondary N) is 1. The summed E-state index contributed by atoms with van der Waals surface area (Å²) in [6, 6.07) is 13.7. The number of primary amides is 1. The molecule has 9 nitrogen and oxygen atoms in total. The van der Waals surface area contributed by atoms with Gasteiger partial charge in [0.1, 0.15) is 17.6 Å². The second kappa shape index (κ2) is 8.59. The van der Waals surface area contributed by atoms with Crippen molar-refractivity contribution in [1.29, 1.82) is 0 Å². The lowest BCUT2D eigenvalue weighted by Crippen LogP contribution is -2.49. The number of amides is 2. The van der Waals surface area contributed by atoms with Crippen LogP contribution in [-0.2, 0) is 12.8 Å². The van der Waals surface area contributed by atoms with E-state index in [4.69, 9.17) is 22.4 Å². The number of carbonyl (C=O) groups is 2. The average Bonchev–Trinajstić information content (AvgIpc) is 3.47. The number of halogens is 1. The fourth-order valence-electron chi connectivity index (χ4n) is 5.28. The molecule has 4 N–H and O–H groups in total. The first-order valence-electron chi connectivity index (χ1n) is 12.2. The maximum atomic E-state index is 13.4. The standard InChI is InChI=1S/C28H25ClN6O3/c1-15-3-8-24(36)25-19-13-28(2,10-9-21(19)33-35(15)25)32-27(38)18-6-5-17(12-20(18)29)34-14-31-22-7-4-16(26(30)37)11-23(22)34/h3-8,11-12,14,36H,9-10,13H2,1-2H3,(H2,30,37)(H,32,38)/t28-/m1/s1. The second-order valence-electron chi connectivity index (χ2n) is 10.1. The van der Waals surface area contributed by atoms with Crippen LogP contribution in [-0.4, -0.2) is 41.6 Å². The largest absolute Gasteiger partial charge is 0.506 e. The van der Waals surface area contributed by atoms with Gasteiger partial charge in [-0.2, -0.15) is 5.10 Å². The summed E-state index contributed by atoms with van der Waals surface area (Å²) in [5.74, 6) is -0.632. The molecular formula is C28H25ClN6O3. The Kier molecular flexibility index (Phi) is 5.43. The Bertz CT molecular complexity index is 1790. The molecule has 0 radical (unpaired) electrons. The summed E-state index contributed by atoms with van der Waals surface area (Å²) in [5, 5.41) is 18.7. The maximum absolute atomic E-state index is 13.4. The van der Waals surface area contributed by atoms with Crippen LogP contribution in [0, 0.1) is 6.92 Å². The van der Waals surface area contributed by atoms with E-state index in [-0.39, 0.29) is 16.7 Å². The maximum Gasteiger partial charge on any atom is 0.253 e. The molecule has 0 unspecified atom stereocenters. The Morgan fingerprint density at radius 3 is 2.74 bits per heavy atom. The molecule has 0 spiro atoms. The number of nitrogens with zero attached hydrogens (tertiary/aromatic N) is 4. The molecule has 6 rings (SSSR count). The topological polar surface area (TPSA) is 128 Å². The Morgan fingerprint density at radius 1 is 1.16 bits per heavy atom. The minimum Gasteiger partial charge on any atom is -0.506 e. The molecule has 1 atom stereocenters. The molecular weight excluding hydrogens is 504 g/mol. The van der Waals surface area contributed by atoms with E-state index in [9.17, 15) is 14.7 Å². The lowest BCUT2D eigenvalue weighted by Gasteiger charge is -2.34. The van der Waals surface area contributed by atoms with E-state index in [0.29, 0.717) is 52.6 Å². The zero-order chi connectivity index (χ0) is 26.8. The number of carbonyl (C=O) groups excluding carboxylic acids is 2. The molecule has 10 heteroatoms. The summed E-state index contributed by atoms with van der Waals surface area (Å²) in [6.45, 7) is 3.95. The van der Waals surface area contributed by atoms with Gasteiger partial charge in [0.15, 0.2) is 0 Å². The van der Waals surface area contributed by atoms with Crippen LogP contribution in [0.4, 0.5) is 0 Å². The number of aromatic hydroxyl groups is 1. The lowest BCUT2D eigenvalue weighted by molar-refractivity contribution is 0.0897. The molecule has 1 aliphatic rings. The smallest absolute Gasteiger partial charge is 0.253 e. The predicted octanol–water partition coefficient (Wildman–Crippen LogP) is 4.12. The van der Waals surface area contributed by atoms with Crippen molar-refractivity contribution < 1.29 is 14.7 Å². The van der Waals surface area contributed by atoms with E-state index in [0.717, 1.165) is 17.0 Å². The molecule has 3 heterocycles. The van der Waals surface area contributed by atoms with Crippen molar-refractivity contribution in [3.8, 4) is 11.4 Å². The van der Waals surface area contributed by atoms with Gasteiger partial charge in [-0.05, 0) is 81.6 Å². The highest BCUT2D eigenvalue weighted by atomic mass is 35.5. The molecule has 0 bridgehead atoms. The SMILES string of the molecule is Cc1ccc(O)c2c3c(nn12)CC[C@@](C)(NC(=O)c1ccc(-n2cnc4ccc(C(N)=O)cc42)cc1Cl)C3. The fourth-order valence-corrected chi connectivity index (χ4v) is 5.54. The lowest BCUT2D eigenvalue weighted by atomic mass is 9.81. The Hall–Kier alpha value is -4.37. The number of rotatable bonds is 4. The van der Waals surface area contributed by atoms with Crippen LogP contribution >= 0.6 is 11.6 Å². The van der Waals surface area contributed by atoms with Crippen molar-refractivity contribution in [2.45, 2.75) is 38.6 Å². The van der Waals surface area contributed by atoms with Crippen LogP contribution in [0.25, 0.3) is 22.2 Å². The molecule has 0 saturated heterocycles. The van der Waals surface area contributed by atoms with Crippen LogP contribution in [0.5, 0.6) is 5.75 Å². The predicted molar refractivity (Wildman–Crippen MR) is 144 cm³/mol. The minimum absolute atomic E-state index is 0.175. The van der Waals surface area contributed by atoms with Gasteiger partial charge < -0.3 is 16.2 Å². The monoisotopic (exact) mass is 528 g/mol. The molecule has 0 saturated carbocycles. The third-order valence-corrected chi connectivity index (χ3v) is 7.64. The zero-order valence-corrected chi connectivity index (χ0v) is 21.6. The Labute approximate surface area is 222 Å². The van der Waals surface area contributed by atoms with Crippen molar-refractivity contribution in [1.82, 2.24) is 24.5 Å². The highest BCUT2D eigenvalue weighted by molar-refractivity contribution is 6.34. The molecule has 5 aromatic rings. The van der Waals surface area contributed by atoms with Crippen molar-refractivity contribution in [2.24, 2.45) is 5.73 Å². The van der Waals surface area contributed by atoms with Crippen molar-refractivity contribution >= 4 is 40.0 Å². The van der Waals surface area contributed by atoms with Crippen molar-refractivity contribution in [3.63, 3.8) is 0 Å². The molecule has 3 aromatic heterocycles. The zero-order valence-electron chi connectivity index (χ0n) is 20.8. The van der Waals surface area contributed by atoms with Gasteiger partial charge in [-0.1, -0.05) is 11.6 Å². The second-order valence-corrected chi connectivity index (χ2v) is 10.5. The summed E-state index contributed by atoms with van der Waals surface area (Å²) < 4.78 is 3.56. The molecule has 2 amide bonds. The van der Waals surface area contributed by atoms with Gasteiger partial charge in [0.05, 0.1) is 27.3 Å². The van der Waals surface area contributed by atoms with Crippen LogP contribution < -0.4 is 11.1 Å². The quantitative estimate of drug-likeness (QED) is 0.323. The number of imidazole rings is 1. The van der Waals surface area contributed by atoms with Gasteiger partial charge in [0, 0.05) is 28.0 Å².